The molecule has 3 heteroatoms. The van der Waals surface area contributed by atoms with Crippen LogP contribution in [0, 0.1) is 0 Å². The molecule has 0 bridgehead atoms. The number of carbonyl (C=O) groups is 1. The van der Waals surface area contributed by atoms with Gasteiger partial charge in [-0.15, -0.1) is 0 Å². The number of fused-ring (bicyclic) bond motifs is 2. The average molecular weight is 310 g/mol. The Hall–Kier alpha value is -2.00. The van der Waals surface area contributed by atoms with E-state index in [9.17, 15) is 4.79 Å². The van der Waals surface area contributed by atoms with Crippen molar-refractivity contribution in [1.29, 1.82) is 0 Å². The molecule has 1 aromatic heterocycles. The van der Waals surface area contributed by atoms with Gasteiger partial charge in [-0.1, -0.05) is 34.1 Å². The second-order valence-electron chi connectivity index (χ2n) is 4.58. The minimum atomic E-state index is 0.0774. The number of aromatic nitrogens is 1. The summed E-state index contributed by atoms with van der Waals surface area (Å²) in [5, 5.41) is 2.02. The lowest BCUT2D eigenvalue weighted by Gasteiger charge is -2.18. The highest BCUT2D eigenvalue weighted by molar-refractivity contribution is 9.10. The number of halogens is 1. The molecule has 4 rings (SSSR count). The fraction of sp³-hybridized carbons (Fsp3) is 0. The topological polar surface area (TPSA) is 30.0 Å². The molecule has 0 saturated carbocycles. The predicted molar refractivity (Wildman–Crippen MR) is 78.3 cm³/mol. The maximum Gasteiger partial charge on any atom is 0.194 e. The van der Waals surface area contributed by atoms with Gasteiger partial charge >= 0.3 is 0 Å². The zero-order valence-corrected chi connectivity index (χ0v) is 11.4. The molecule has 90 valence electrons. The van der Waals surface area contributed by atoms with Crippen molar-refractivity contribution in [2.45, 2.75) is 0 Å². The van der Waals surface area contributed by atoms with Crippen molar-refractivity contribution in [1.82, 2.24) is 4.98 Å². The van der Waals surface area contributed by atoms with Crippen molar-refractivity contribution < 1.29 is 4.79 Å². The van der Waals surface area contributed by atoms with E-state index in [2.05, 4.69) is 20.9 Å². The van der Waals surface area contributed by atoms with E-state index in [4.69, 9.17) is 0 Å². The summed E-state index contributed by atoms with van der Waals surface area (Å²) >= 11 is 3.46. The summed E-state index contributed by atoms with van der Waals surface area (Å²) in [5.74, 6) is 0.0774. The Morgan fingerprint density at radius 1 is 0.947 bits per heavy atom. The molecule has 2 aromatic carbocycles. The zero-order chi connectivity index (χ0) is 13.0. The number of rotatable bonds is 0. The second kappa shape index (κ2) is 3.75. The normalized spacial score (nSPS) is 12.6. The van der Waals surface area contributed by atoms with Gasteiger partial charge in [0.05, 0.1) is 5.69 Å². The first-order valence-corrected chi connectivity index (χ1v) is 6.77. The predicted octanol–water partition coefficient (Wildman–Crippen LogP) is 4.21. The Balaban J connectivity index is 2.25. The Morgan fingerprint density at radius 2 is 1.84 bits per heavy atom. The Kier molecular flexibility index (Phi) is 2.15. The van der Waals surface area contributed by atoms with Gasteiger partial charge in [0.2, 0.25) is 0 Å². The van der Waals surface area contributed by atoms with Crippen LogP contribution in [0.1, 0.15) is 15.9 Å². The van der Waals surface area contributed by atoms with Gasteiger partial charge in [-0.2, -0.15) is 0 Å². The Morgan fingerprint density at radius 3 is 2.74 bits per heavy atom. The first-order chi connectivity index (χ1) is 9.25. The fourth-order valence-corrected chi connectivity index (χ4v) is 3.04. The van der Waals surface area contributed by atoms with Gasteiger partial charge in [0.15, 0.2) is 5.78 Å². The Bertz CT molecular complexity index is 849. The number of hydrogen-bond acceptors (Lipinski definition) is 2. The molecule has 3 aromatic rings. The molecule has 1 aliphatic carbocycles. The van der Waals surface area contributed by atoms with E-state index in [1.165, 1.54) is 0 Å². The minimum Gasteiger partial charge on any atom is -0.289 e. The molecule has 0 fully saturated rings. The summed E-state index contributed by atoms with van der Waals surface area (Å²) < 4.78 is 0.956. The van der Waals surface area contributed by atoms with Crippen LogP contribution in [0.2, 0.25) is 0 Å². The smallest absolute Gasteiger partial charge is 0.194 e. The van der Waals surface area contributed by atoms with Crippen molar-refractivity contribution in [3.8, 4) is 11.3 Å². The molecule has 1 aliphatic rings. The lowest BCUT2D eigenvalue weighted by atomic mass is 9.86. The van der Waals surface area contributed by atoms with Crippen LogP contribution >= 0.6 is 15.9 Å². The van der Waals surface area contributed by atoms with Crippen LogP contribution in [0.4, 0.5) is 0 Å². The largest absolute Gasteiger partial charge is 0.289 e. The SMILES string of the molecule is O=C1c2ccc(Br)cc2-c2nccc3cccc1c23. The summed E-state index contributed by atoms with van der Waals surface area (Å²) in [6, 6.07) is 13.5. The quantitative estimate of drug-likeness (QED) is 0.487. The lowest BCUT2D eigenvalue weighted by molar-refractivity contribution is 0.104. The van der Waals surface area contributed by atoms with Crippen molar-refractivity contribution in [3.05, 3.63) is 64.3 Å². The molecule has 2 nitrogen and oxygen atoms in total. The third kappa shape index (κ3) is 1.42. The molecule has 0 spiro atoms. The van der Waals surface area contributed by atoms with E-state index in [0.29, 0.717) is 0 Å². The molecule has 0 saturated heterocycles. The van der Waals surface area contributed by atoms with E-state index in [-0.39, 0.29) is 5.78 Å². The number of ketones is 1. The number of benzene rings is 2. The molecule has 0 radical (unpaired) electrons. The van der Waals surface area contributed by atoms with Crippen LogP contribution in [0.15, 0.2) is 53.1 Å². The number of pyridine rings is 1. The monoisotopic (exact) mass is 309 g/mol. The summed E-state index contributed by atoms with van der Waals surface area (Å²) in [6.45, 7) is 0. The Labute approximate surface area is 118 Å². The van der Waals surface area contributed by atoms with Gasteiger partial charge in [0.25, 0.3) is 0 Å². The van der Waals surface area contributed by atoms with Gasteiger partial charge in [-0.3, -0.25) is 9.78 Å². The van der Waals surface area contributed by atoms with Gasteiger partial charge in [0, 0.05) is 32.7 Å². The van der Waals surface area contributed by atoms with E-state index in [1.807, 2.05) is 42.5 Å². The van der Waals surface area contributed by atoms with Crippen LogP contribution in [0.25, 0.3) is 22.0 Å². The van der Waals surface area contributed by atoms with Crippen LogP contribution in [-0.2, 0) is 0 Å². The molecule has 0 atom stereocenters. The molecule has 0 N–H and O–H groups in total. The van der Waals surface area contributed by atoms with Gasteiger partial charge < -0.3 is 0 Å². The molecule has 1 heterocycles. The lowest BCUT2D eigenvalue weighted by Crippen LogP contribution is -2.10. The summed E-state index contributed by atoms with van der Waals surface area (Å²) in [5.41, 5.74) is 3.27. The average Bonchev–Trinajstić information content (AvgIpc) is 2.44. The molecule has 0 amide bonds. The van der Waals surface area contributed by atoms with Crippen LogP contribution < -0.4 is 0 Å². The van der Waals surface area contributed by atoms with E-state index < -0.39 is 0 Å². The molecular weight excluding hydrogens is 302 g/mol. The number of carbonyl (C=O) groups excluding carboxylic acids is 1. The van der Waals surface area contributed by atoms with Crippen LogP contribution in [0.3, 0.4) is 0 Å². The van der Waals surface area contributed by atoms with E-state index in [0.717, 1.165) is 37.6 Å². The van der Waals surface area contributed by atoms with Crippen molar-refractivity contribution in [2.24, 2.45) is 0 Å². The highest BCUT2D eigenvalue weighted by Crippen LogP contribution is 2.38. The summed E-state index contributed by atoms with van der Waals surface area (Å²) in [7, 11) is 0. The second-order valence-corrected chi connectivity index (χ2v) is 5.50. The van der Waals surface area contributed by atoms with E-state index in [1.54, 1.807) is 6.20 Å². The first kappa shape index (κ1) is 10.9. The molecule has 0 aliphatic heterocycles. The molecule has 19 heavy (non-hydrogen) atoms. The van der Waals surface area contributed by atoms with Crippen molar-refractivity contribution >= 4 is 32.5 Å². The highest BCUT2D eigenvalue weighted by atomic mass is 79.9. The van der Waals surface area contributed by atoms with Gasteiger partial charge in [0.1, 0.15) is 0 Å². The third-order valence-corrected chi connectivity index (χ3v) is 4.01. The van der Waals surface area contributed by atoms with E-state index >= 15 is 0 Å². The van der Waals surface area contributed by atoms with Gasteiger partial charge in [-0.25, -0.2) is 0 Å². The minimum absolute atomic E-state index is 0.0774. The van der Waals surface area contributed by atoms with Gasteiger partial charge in [-0.05, 0) is 29.7 Å². The van der Waals surface area contributed by atoms with Crippen LogP contribution in [-0.4, -0.2) is 10.8 Å². The maximum atomic E-state index is 12.6. The molecule has 0 unspecified atom stereocenters. The van der Waals surface area contributed by atoms with Crippen LogP contribution in [0.5, 0.6) is 0 Å². The standard InChI is InChI=1S/C16H8BrNO/c17-10-4-5-11-13(8-10)15-14-9(6-7-18-15)2-1-3-12(14)16(11)19/h1-8H. The third-order valence-electron chi connectivity index (χ3n) is 3.52. The number of hydrogen-bond donors (Lipinski definition) is 0. The highest BCUT2D eigenvalue weighted by Gasteiger charge is 2.25. The zero-order valence-electron chi connectivity index (χ0n) is 9.85. The summed E-state index contributed by atoms with van der Waals surface area (Å²) in [6.07, 6.45) is 1.79. The maximum absolute atomic E-state index is 12.6. The summed E-state index contributed by atoms with van der Waals surface area (Å²) in [4.78, 5) is 17.0. The van der Waals surface area contributed by atoms with Crippen molar-refractivity contribution in [2.75, 3.05) is 0 Å². The first-order valence-electron chi connectivity index (χ1n) is 5.98. The molecular formula is C16H8BrNO. The fourth-order valence-electron chi connectivity index (χ4n) is 2.68. The van der Waals surface area contributed by atoms with Crippen molar-refractivity contribution in [3.63, 3.8) is 0 Å². The number of nitrogens with zero attached hydrogens (tertiary/aromatic N) is 1.